The Hall–Kier alpha value is -2.09. The Bertz CT molecular complexity index is 641. The lowest BCUT2D eigenvalue weighted by Gasteiger charge is -2.06. The zero-order chi connectivity index (χ0) is 14.1. The van der Waals surface area contributed by atoms with Crippen molar-refractivity contribution in [2.75, 3.05) is 0 Å². The summed E-state index contributed by atoms with van der Waals surface area (Å²) in [7, 11) is 0. The summed E-state index contributed by atoms with van der Waals surface area (Å²) in [5.74, 6) is 1.19. The van der Waals surface area contributed by atoms with Gasteiger partial charge in [0.2, 0.25) is 0 Å². The number of ether oxygens (including phenoxy) is 1. The predicted octanol–water partition coefficient (Wildman–Crippen LogP) is 4.27. The van der Waals surface area contributed by atoms with Crippen LogP contribution >= 0.6 is 0 Å². The van der Waals surface area contributed by atoms with E-state index in [4.69, 9.17) is 4.74 Å². The second-order valence-electron chi connectivity index (χ2n) is 5.31. The van der Waals surface area contributed by atoms with Crippen molar-refractivity contribution in [2.45, 2.75) is 32.8 Å². The zero-order valence-electron chi connectivity index (χ0n) is 11.8. The molecule has 1 aliphatic heterocycles. The summed E-state index contributed by atoms with van der Waals surface area (Å²) in [5.41, 5.74) is 4.37. The van der Waals surface area contributed by atoms with E-state index in [-0.39, 0.29) is 11.9 Å². The molecule has 1 aliphatic rings. The van der Waals surface area contributed by atoms with Crippen molar-refractivity contribution in [2.24, 2.45) is 0 Å². The van der Waals surface area contributed by atoms with Crippen LogP contribution in [-0.2, 0) is 6.42 Å². The Morgan fingerprint density at radius 3 is 2.55 bits per heavy atom. The molecule has 2 heteroatoms. The van der Waals surface area contributed by atoms with E-state index in [1.807, 2.05) is 37.3 Å². The van der Waals surface area contributed by atoms with Crippen molar-refractivity contribution in [3.8, 4) is 16.9 Å². The van der Waals surface area contributed by atoms with Gasteiger partial charge in [0.1, 0.15) is 11.9 Å². The van der Waals surface area contributed by atoms with Crippen LogP contribution in [0.2, 0.25) is 0 Å². The molecule has 0 amide bonds. The summed E-state index contributed by atoms with van der Waals surface area (Å²) < 4.78 is 5.72. The van der Waals surface area contributed by atoms with E-state index in [1.165, 1.54) is 11.1 Å². The van der Waals surface area contributed by atoms with Gasteiger partial charge >= 0.3 is 0 Å². The predicted molar refractivity (Wildman–Crippen MR) is 80.3 cm³/mol. The van der Waals surface area contributed by atoms with Gasteiger partial charge in [0.25, 0.3) is 0 Å². The van der Waals surface area contributed by atoms with E-state index < -0.39 is 0 Å². The van der Waals surface area contributed by atoms with Crippen LogP contribution in [0.25, 0.3) is 11.1 Å². The minimum atomic E-state index is 0.188. The van der Waals surface area contributed by atoms with Gasteiger partial charge < -0.3 is 4.74 Å². The third-order valence-electron chi connectivity index (χ3n) is 3.76. The molecule has 2 aromatic rings. The number of benzene rings is 2. The second kappa shape index (κ2) is 5.12. The molecule has 0 saturated carbocycles. The second-order valence-corrected chi connectivity index (χ2v) is 5.31. The molecule has 20 heavy (non-hydrogen) atoms. The number of rotatable bonds is 3. The minimum Gasteiger partial charge on any atom is -0.490 e. The average molecular weight is 266 g/mol. The molecular formula is C18H18O2. The third-order valence-corrected chi connectivity index (χ3v) is 3.76. The third kappa shape index (κ3) is 2.34. The lowest BCUT2D eigenvalue weighted by Crippen LogP contribution is -2.05. The van der Waals surface area contributed by atoms with Gasteiger partial charge in [-0.05, 0) is 35.7 Å². The van der Waals surface area contributed by atoms with Crippen LogP contribution in [0.5, 0.6) is 5.75 Å². The van der Waals surface area contributed by atoms with Crippen molar-refractivity contribution >= 4 is 5.78 Å². The number of ketones is 1. The normalized spacial score (nSPS) is 16.6. The standard InChI is InChI=1S/C18H18O2/c1-3-17(19)14-6-4-13(5-7-14)15-8-9-18-16(11-15)10-12(2)20-18/h4-9,11-12H,3,10H2,1-2H3. The fourth-order valence-corrected chi connectivity index (χ4v) is 2.65. The lowest BCUT2D eigenvalue weighted by molar-refractivity contribution is 0.0988. The highest BCUT2D eigenvalue weighted by molar-refractivity contribution is 5.96. The maximum absolute atomic E-state index is 11.6. The topological polar surface area (TPSA) is 26.3 Å². The van der Waals surface area contributed by atoms with Gasteiger partial charge in [0, 0.05) is 18.4 Å². The first-order chi connectivity index (χ1) is 9.67. The van der Waals surface area contributed by atoms with Crippen molar-refractivity contribution in [3.63, 3.8) is 0 Å². The molecule has 0 aliphatic carbocycles. The highest BCUT2D eigenvalue weighted by Crippen LogP contribution is 2.32. The fourth-order valence-electron chi connectivity index (χ4n) is 2.65. The van der Waals surface area contributed by atoms with Gasteiger partial charge in [-0.15, -0.1) is 0 Å². The Balaban J connectivity index is 1.90. The van der Waals surface area contributed by atoms with E-state index in [0.717, 1.165) is 23.3 Å². The van der Waals surface area contributed by atoms with Crippen molar-refractivity contribution in [1.82, 2.24) is 0 Å². The van der Waals surface area contributed by atoms with Crippen molar-refractivity contribution in [1.29, 1.82) is 0 Å². The van der Waals surface area contributed by atoms with E-state index in [9.17, 15) is 4.79 Å². The summed E-state index contributed by atoms with van der Waals surface area (Å²) in [6.07, 6.45) is 1.79. The Kier molecular flexibility index (Phi) is 3.31. The van der Waals surface area contributed by atoms with E-state index >= 15 is 0 Å². The van der Waals surface area contributed by atoms with Crippen LogP contribution in [0.3, 0.4) is 0 Å². The van der Waals surface area contributed by atoms with Gasteiger partial charge in [-0.2, -0.15) is 0 Å². The quantitative estimate of drug-likeness (QED) is 0.775. The van der Waals surface area contributed by atoms with Crippen LogP contribution in [0, 0.1) is 0 Å². The maximum atomic E-state index is 11.6. The van der Waals surface area contributed by atoms with Gasteiger partial charge in [0.05, 0.1) is 0 Å². The summed E-state index contributed by atoms with van der Waals surface area (Å²) in [6.45, 7) is 3.97. The molecule has 1 atom stereocenters. The minimum absolute atomic E-state index is 0.188. The van der Waals surface area contributed by atoms with Crippen LogP contribution in [-0.4, -0.2) is 11.9 Å². The Morgan fingerprint density at radius 1 is 1.15 bits per heavy atom. The van der Waals surface area contributed by atoms with Gasteiger partial charge in [-0.25, -0.2) is 0 Å². The molecular weight excluding hydrogens is 248 g/mol. The summed E-state index contributed by atoms with van der Waals surface area (Å²) in [4.78, 5) is 11.6. The highest BCUT2D eigenvalue weighted by atomic mass is 16.5. The van der Waals surface area contributed by atoms with E-state index in [0.29, 0.717) is 6.42 Å². The van der Waals surface area contributed by atoms with Crippen LogP contribution < -0.4 is 4.74 Å². The van der Waals surface area contributed by atoms with Crippen LogP contribution in [0.15, 0.2) is 42.5 Å². The molecule has 0 bridgehead atoms. The number of carbonyl (C=O) groups excluding carboxylic acids is 1. The number of carbonyl (C=O) groups is 1. The van der Waals surface area contributed by atoms with E-state index in [1.54, 1.807) is 0 Å². The Morgan fingerprint density at radius 2 is 1.85 bits per heavy atom. The fraction of sp³-hybridized carbons (Fsp3) is 0.278. The molecule has 2 aromatic carbocycles. The largest absolute Gasteiger partial charge is 0.490 e. The summed E-state index contributed by atoms with van der Waals surface area (Å²) >= 11 is 0. The molecule has 1 heterocycles. The van der Waals surface area contributed by atoms with Crippen molar-refractivity contribution < 1.29 is 9.53 Å². The molecule has 0 radical (unpaired) electrons. The summed E-state index contributed by atoms with van der Waals surface area (Å²) in [5, 5.41) is 0. The molecule has 3 rings (SSSR count). The Labute approximate surface area is 119 Å². The molecule has 102 valence electrons. The number of hydrogen-bond donors (Lipinski definition) is 0. The summed E-state index contributed by atoms with van der Waals surface area (Å²) in [6, 6.07) is 14.2. The molecule has 0 spiro atoms. The smallest absolute Gasteiger partial charge is 0.162 e. The van der Waals surface area contributed by atoms with Gasteiger partial charge in [-0.1, -0.05) is 37.3 Å². The molecule has 1 unspecified atom stereocenters. The molecule has 0 aromatic heterocycles. The SMILES string of the molecule is CCC(=O)c1ccc(-c2ccc3c(c2)CC(C)O3)cc1. The first-order valence-corrected chi connectivity index (χ1v) is 7.10. The monoisotopic (exact) mass is 266 g/mol. The van der Waals surface area contributed by atoms with Gasteiger partial charge in [0.15, 0.2) is 5.78 Å². The van der Waals surface area contributed by atoms with E-state index in [2.05, 4.69) is 19.1 Å². The lowest BCUT2D eigenvalue weighted by atomic mass is 9.99. The van der Waals surface area contributed by atoms with Crippen molar-refractivity contribution in [3.05, 3.63) is 53.6 Å². The van der Waals surface area contributed by atoms with Crippen LogP contribution in [0.1, 0.15) is 36.2 Å². The molecule has 0 fully saturated rings. The number of hydrogen-bond acceptors (Lipinski definition) is 2. The first-order valence-electron chi connectivity index (χ1n) is 7.10. The average Bonchev–Trinajstić information content (AvgIpc) is 2.85. The molecule has 2 nitrogen and oxygen atoms in total. The number of fused-ring (bicyclic) bond motifs is 1. The number of Topliss-reactive ketones (excluding diaryl/α,β-unsaturated/α-hetero) is 1. The maximum Gasteiger partial charge on any atom is 0.162 e. The first kappa shape index (κ1) is 12.9. The highest BCUT2D eigenvalue weighted by Gasteiger charge is 2.19. The zero-order valence-corrected chi connectivity index (χ0v) is 11.8. The molecule has 0 N–H and O–H groups in total. The van der Waals surface area contributed by atoms with Crippen LogP contribution in [0.4, 0.5) is 0 Å². The molecule has 0 saturated heterocycles. The van der Waals surface area contributed by atoms with Gasteiger partial charge in [-0.3, -0.25) is 4.79 Å².